The van der Waals surface area contributed by atoms with E-state index in [1.165, 1.54) is 4.90 Å². The van der Waals surface area contributed by atoms with Crippen molar-refractivity contribution in [3.05, 3.63) is 90.0 Å². The summed E-state index contributed by atoms with van der Waals surface area (Å²) in [6.45, 7) is -0.411. The van der Waals surface area contributed by atoms with Crippen molar-refractivity contribution in [1.29, 1.82) is 0 Å². The Morgan fingerprint density at radius 2 is 1.54 bits per heavy atom. The maximum atomic E-state index is 13.2. The summed E-state index contributed by atoms with van der Waals surface area (Å²) in [6, 6.07) is 22.5. The number of amides is 2. The number of nitrogens with zero attached hydrogens (tertiary/aromatic N) is 2. The Morgan fingerprint density at radius 1 is 0.878 bits per heavy atom. The van der Waals surface area contributed by atoms with Crippen molar-refractivity contribution in [3.8, 4) is 17.0 Å². The number of carbonyl (C=O) groups excluding carboxylic acids is 4. The fraction of sp³-hybridized carbons (Fsp3) is 0.242. The first-order chi connectivity index (χ1) is 19.9. The topological polar surface area (TPSA) is 103 Å². The van der Waals surface area contributed by atoms with Crippen molar-refractivity contribution in [2.75, 3.05) is 18.6 Å². The van der Waals surface area contributed by atoms with E-state index < -0.39 is 12.6 Å². The van der Waals surface area contributed by atoms with Crippen LogP contribution in [0.5, 0.6) is 5.75 Å². The summed E-state index contributed by atoms with van der Waals surface area (Å²) in [6.07, 6.45) is 3.47. The zero-order valence-electron chi connectivity index (χ0n) is 22.5. The number of anilines is 1. The average molecular weight is 549 g/mol. The van der Waals surface area contributed by atoms with Crippen LogP contribution in [0, 0.1) is 11.8 Å². The molecule has 41 heavy (non-hydrogen) atoms. The van der Waals surface area contributed by atoms with E-state index in [1.807, 2.05) is 6.07 Å². The lowest BCUT2D eigenvalue weighted by molar-refractivity contribution is -0.122. The first kappa shape index (κ1) is 26.4. The number of pyridine rings is 1. The first-order valence-corrected chi connectivity index (χ1v) is 13.7. The van der Waals surface area contributed by atoms with Gasteiger partial charge in [-0.05, 0) is 61.4 Å². The zero-order valence-corrected chi connectivity index (χ0v) is 22.5. The molecular weight excluding hydrogens is 520 g/mol. The average Bonchev–Trinajstić information content (AvgIpc) is 3.28. The second-order valence-corrected chi connectivity index (χ2v) is 10.4. The van der Waals surface area contributed by atoms with Crippen LogP contribution in [0.15, 0.2) is 78.9 Å². The van der Waals surface area contributed by atoms with Gasteiger partial charge < -0.3 is 9.47 Å². The van der Waals surface area contributed by atoms with E-state index >= 15 is 0 Å². The third-order valence-electron chi connectivity index (χ3n) is 7.94. The zero-order chi connectivity index (χ0) is 28.5. The van der Waals surface area contributed by atoms with E-state index in [0.29, 0.717) is 39.2 Å². The number of para-hydroxylation sites is 1. The van der Waals surface area contributed by atoms with Gasteiger partial charge in [0.25, 0.3) is 0 Å². The predicted octanol–water partition coefficient (Wildman–Crippen LogP) is 5.63. The Morgan fingerprint density at radius 3 is 2.20 bits per heavy atom. The molecule has 2 atom stereocenters. The molecule has 2 unspecified atom stereocenters. The molecule has 0 bridgehead atoms. The van der Waals surface area contributed by atoms with Gasteiger partial charge in [-0.25, -0.2) is 9.78 Å². The highest BCUT2D eigenvalue weighted by atomic mass is 16.5. The number of rotatable bonds is 7. The SMILES string of the molecule is COc1ccc(C(=O)COC(=O)c2cc(-c3ccc(N4C(=O)C5CCCCC5C4=O)cc3)nc3ccccc23)cc1. The number of benzene rings is 3. The second-order valence-electron chi connectivity index (χ2n) is 10.4. The molecule has 1 aliphatic heterocycles. The molecule has 4 aromatic rings. The summed E-state index contributed by atoms with van der Waals surface area (Å²) in [4.78, 5) is 57.9. The third-order valence-corrected chi connectivity index (χ3v) is 7.94. The molecule has 8 nitrogen and oxygen atoms in total. The van der Waals surface area contributed by atoms with Crippen LogP contribution in [0.2, 0.25) is 0 Å². The van der Waals surface area contributed by atoms with Gasteiger partial charge >= 0.3 is 5.97 Å². The number of Topliss-reactive ketones (excluding diaryl/α,β-unsaturated/α-hetero) is 1. The van der Waals surface area contributed by atoms with Crippen molar-refractivity contribution >= 4 is 40.2 Å². The number of ether oxygens (including phenoxy) is 2. The molecule has 6 rings (SSSR count). The first-order valence-electron chi connectivity index (χ1n) is 13.7. The lowest BCUT2D eigenvalue weighted by atomic mass is 9.81. The van der Waals surface area contributed by atoms with Crippen LogP contribution in [0.4, 0.5) is 5.69 Å². The number of hydrogen-bond donors (Lipinski definition) is 0. The minimum Gasteiger partial charge on any atom is -0.497 e. The van der Waals surface area contributed by atoms with Crippen LogP contribution in [-0.4, -0.2) is 42.3 Å². The van der Waals surface area contributed by atoms with Crippen molar-refractivity contribution in [3.63, 3.8) is 0 Å². The van der Waals surface area contributed by atoms with Gasteiger partial charge in [0.1, 0.15) is 5.75 Å². The molecule has 2 amide bonds. The fourth-order valence-electron chi connectivity index (χ4n) is 5.76. The minimum absolute atomic E-state index is 0.120. The van der Waals surface area contributed by atoms with Gasteiger partial charge in [-0.3, -0.25) is 19.3 Å². The molecule has 2 heterocycles. The van der Waals surface area contributed by atoms with E-state index in [4.69, 9.17) is 14.5 Å². The molecule has 2 fully saturated rings. The Labute approximate surface area is 236 Å². The van der Waals surface area contributed by atoms with E-state index in [1.54, 1.807) is 79.9 Å². The molecule has 0 N–H and O–H groups in total. The largest absolute Gasteiger partial charge is 0.497 e. The summed E-state index contributed by atoms with van der Waals surface area (Å²) < 4.78 is 10.5. The lowest BCUT2D eigenvalue weighted by Gasteiger charge is -2.19. The van der Waals surface area contributed by atoms with Crippen LogP contribution in [0.1, 0.15) is 46.4 Å². The monoisotopic (exact) mass is 548 g/mol. The molecule has 1 aromatic heterocycles. The molecule has 1 saturated heterocycles. The molecule has 0 spiro atoms. The summed E-state index contributed by atoms with van der Waals surface area (Å²) >= 11 is 0. The maximum absolute atomic E-state index is 13.2. The Hall–Kier alpha value is -4.85. The molecule has 1 aliphatic carbocycles. The maximum Gasteiger partial charge on any atom is 0.339 e. The number of carbonyl (C=O) groups is 4. The number of fused-ring (bicyclic) bond motifs is 2. The molecule has 3 aromatic carbocycles. The van der Waals surface area contributed by atoms with Gasteiger partial charge in [-0.15, -0.1) is 0 Å². The molecule has 8 heteroatoms. The van der Waals surface area contributed by atoms with Crippen LogP contribution in [0.3, 0.4) is 0 Å². The number of imide groups is 1. The molecule has 2 aliphatic rings. The van der Waals surface area contributed by atoms with Gasteiger partial charge in [0.2, 0.25) is 11.8 Å². The summed E-state index contributed by atoms with van der Waals surface area (Å²) in [5, 5.41) is 0.602. The van der Waals surface area contributed by atoms with Crippen molar-refractivity contribution in [2.24, 2.45) is 11.8 Å². The Kier molecular flexibility index (Phi) is 7.05. The number of ketones is 1. The smallest absolute Gasteiger partial charge is 0.339 e. The standard InChI is InChI=1S/C33H28N2O6/c1-40-23-16-12-21(13-17-23)30(36)19-41-33(39)27-18-29(34-28-9-5-4-6-24(27)28)20-10-14-22(15-11-20)35-31(37)25-7-2-3-8-26(25)32(35)38/h4-6,9-18,25-26H,2-3,7-8,19H2,1H3. The van der Waals surface area contributed by atoms with Gasteiger partial charge in [0.05, 0.1) is 41.4 Å². The van der Waals surface area contributed by atoms with Crippen LogP contribution in [0.25, 0.3) is 22.2 Å². The van der Waals surface area contributed by atoms with E-state index in [2.05, 4.69) is 0 Å². The van der Waals surface area contributed by atoms with E-state index in [0.717, 1.165) is 25.7 Å². The van der Waals surface area contributed by atoms with Crippen LogP contribution >= 0.6 is 0 Å². The lowest BCUT2D eigenvalue weighted by Crippen LogP contribution is -2.30. The molecular formula is C33H28N2O6. The fourth-order valence-corrected chi connectivity index (χ4v) is 5.76. The van der Waals surface area contributed by atoms with Gasteiger partial charge in [0.15, 0.2) is 12.4 Å². The molecule has 206 valence electrons. The highest BCUT2D eigenvalue weighted by Crippen LogP contribution is 2.40. The van der Waals surface area contributed by atoms with Gasteiger partial charge in [-0.2, -0.15) is 0 Å². The number of hydrogen-bond acceptors (Lipinski definition) is 7. The Balaban J connectivity index is 1.24. The normalized spacial score (nSPS) is 18.3. The van der Waals surface area contributed by atoms with E-state index in [9.17, 15) is 19.2 Å². The summed E-state index contributed by atoms with van der Waals surface area (Å²) in [7, 11) is 1.54. The minimum atomic E-state index is -0.640. The number of aromatic nitrogens is 1. The molecule has 1 saturated carbocycles. The highest BCUT2D eigenvalue weighted by Gasteiger charge is 2.48. The van der Waals surface area contributed by atoms with Crippen molar-refractivity contribution in [2.45, 2.75) is 25.7 Å². The second kappa shape index (κ2) is 11.0. The summed E-state index contributed by atoms with van der Waals surface area (Å²) in [5.41, 5.74) is 3.06. The van der Waals surface area contributed by atoms with Gasteiger partial charge in [-0.1, -0.05) is 43.2 Å². The van der Waals surface area contributed by atoms with Crippen molar-refractivity contribution < 1.29 is 28.7 Å². The Bertz CT molecular complexity index is 1640. The van der Waals surface area contributed by atoms with E-state index in [-0.39, 0.29) is 35.0 Å². The molecule has 0 radical (unpaired) electrons. The quantitative estimate of drug-likeness (QED) is 0.168. The number of esters is 1. The number of methoxy groups -OCH3 is 1. The third kappa shape index (κ3) is 4.97. The highest BCUT2D eigenvalue weighted by molar-refractivity contribution is 6.22. The van der Waals surface area contributed by atoms with Gasteiger partial charge in [0, 0.05) is 16.5 Å². The summed E-state index contributed by atoms with van der Waals surface area (Å²) in [5.74, 6) is -1.03. The van der Waals surface area contributed by atoms with Crippen molar-refractivity contribution in [1.82, 2.24) is 4.98 Å². The van der Waals surface area contributed by atoms with Crippen LogP contribution < -0.4 is 9.64 Å². The van der Waals surface area contributed by atoms with Crippen LogP contribution in [-0.2, 0) is 14.3 Å². The predicted molar refractivity (Wildman–Crippen MR) is 153 cm³/mol.